The second kappa shape index (κ2) is 7.22. The molecule has 154 valence electrons. The summed E-state index contributed by atoms with van der Waals surface area (Å²) in [5.74, 6) is 0.928. The van der Waals surface area contributed by atoms with E-state index in [2.05, 4.69) is 26.4 Å². The summed E-state index contributed by atoms with van der Waals surface area (Å²) in [5.41, 5.74) is 2.84. The number of pyridine rings is 1. The van der Waals surface area contributed by atoms with Crippen molar-refractivity contribution in [3.05, 3.63) is 18.3 Å². The van der Waals surface area contributed by atoms with Crippen LogP contribution in [-0.2, 0) is 14.8 Å². The molecular weight excluding hydrogens is 412 g/mol. The van der Waals surface area contributed by atoms with Crippen LogP contribution < -0.4 is 9.21 Å². The van der Waals surface area contributed by atoms with Gasteiger partial charge in [-0.3, -0.25) is 9.40 Å². The van der Waals surface area contributed by atoms with E-state index >= 15 is 0 Å². The molecule has 0 spiro atoms. The third kappa shape index (κ3) is 3.26. The highest BCUT2D eigenvalue weighted by Gasteiger charge is 2.31. The zero-order valence-electron chi connectivity index (χ0n) is 16.0. The summed E-state index contributed by atoms with van der Waals surface area (Å²) in [6.07, 6.45) is 3.21. The summed E-state index contributed by atoms with van der Waals surface area (Å²) in [7, 11) is -3.35. The Morgan fingerprint density at radius 2 is 2.21 bits per heavy atom. The summed E-state index contributed by atoms with van der Waals surface area (Å²) >= 11 is 1.28. The number of nitrogens with one attached hydrogen (secondary N) is 1. The summed E-state index contributed by atoms with van der Waals surface area (Å²) in [6, 6.07) is 3.90. The van der Waals surface area contributed by atoms with Crippen LogP contribution in [0.1, 0.15) is 19.8 Å². The van der Waals surface area contributed by atoms with Gasteiger partial charge in [0, 0.05) is 25.4 Å². The molecule has 0 saturated carbocycles. The van der Waals surface area contributed by atoms with Gasteiger partial charge in [0.25, 0.3) is 0 Å². The van der Waals surface area contributed by atoms with Crippen LogP contribution in [0, 0.1) is 0 Å². The molecule has 2 aliphatic heterocycles. The Bertz CT molecular complexity index is 1130. The van der Waals surface area contributed by atoms with E-state index in [0.717, 1.165) is 22.6 Å². The van der Waals surface area contributed by atoms with Gasteiger partial charge in [-0.15, -0.1) is 0 Å². The monoisotopic (exact) mass is 434 g/mol. The number of anilines is 2. The maximum absolute atomic E-state index is 12.9. The number of ether oxygens (including phenoxy) is 1. The van der Waals surface area contributed by atoms with Gasteiger partial charge < -0.3 is 9.64 Å². The number of morpholine rings is 1. The van der Waals surface area contributed by atoms with Crippen LogP contribution in [0.2, 0.25) is 0 Å². The first-order valence-corrected chi connectivity index (χ1v) is 12.1. The zero-order valence-corrected chi connectivity index (χ0v) is 17.7. The lowest BCUT2D eigenvalue weighted by Crippen LogP contribution is -2.44. The van der Waals surface area contributed by atoms with Gasteiger partial charge in [-0.25, -0.2) is 13.4 Å². The number of rotatable bonds is 3. The summed E-state index contributed by atoms with van der Waals surface area (Å²) in [4.78, 5) is 7.10. The average molecular weight is 435 g/mol. The predicted molar refractivity (Wildman–Crippen MR) is 113 cm³/mol. The molecular formula is C18H22N6O3S2. The third-order valence-corrected chi connectivity index (χ3v) is 8.14. The maximum Gasteiger partial charge on any atom is 0.235 e. The lowest BCUT2D eigenvalue weighted by atomic mass is 10.2. The SMILES string of the molecule is CC1COCCN1c1cc(N2CCCCS2(=O)=O)c2snc(-c3ccn[nH]3)c2n1. The Morgan fingerprint density at radius 1 is 1.31 bits per heavy atom. The van der Waals surface area contributed by atoms with E-state index in [1.165, 1.54) is 11.5 Å². The first-order valence-electron chi connectivity index (χ1n) is 9.69. The normalized spacial score (nSPS) is 22.3. The smallest absolute Gasteiger partial charge is 0.235 e. The summed E-state index contributed by atoms with van der Waals surface area (Å²) in [6.45, 7) is 4.52. The van der Waals surface area contributed by atoms with Crippen LogP contribution >= 0.6 is 11.5 Å². The van der Waals surface area contributed by atoms with E-state index in [0.29, 0.717) is 49.6 Å². The minimum atomic E-state index is -3.35. The lowest BCUT2D eigenvalue weighted by molar-refractivity contribution is 0.0986. The average Bonchev–Trinajstić information content (AvgIpc) is 3.37. The largest absolute Gasteiger partial charge is 0.377 e. The Labute approximate surface area is 172 Å². The molecule has 1 atom stereocenters. The van der Waals surface area contributed by atoms with Crippen LogP contribution in [-0.4, -0.2) is 66.1 Å². The second-order valence-corrected chi connectivity index (χ2v) is 10.2. The molecule has 0 aliphatic carbocycles. The van der Waals surface area contributed by atoms with Crippen molar-refractivity contribution in [1.82, 2.24) is 19.6 Å². The molecule has 0 bridgehead atoms. The molecule has 9 nitrogen and oxygen atoms in total. The van der Waals surface area contributed by atoms with E-state index < -0.39 is 10.0 Å². The van der Waals surface area contributed by atoms with Crippen molar-refractivity contribution in [2.45, 2.75) is 25.8 Å². The van der Waals surface area contributed by atoms with Crippen LogP contribution in [0.4, 0.5) is 11.5 Å². The van der Waals surface area contributed by atoms with Gasteiger partial charge in [-0.2, -0.15) is 9.47 Å². The van der Waals surface area contributed by atoms with E-state index in [1.54, 1.807) is 10.5 Å². The van der Waals surface area contributed by atoms with E-state index in [1.807, 2.05) is 12.1 Å². The van der Waals surface area contributed by atoms with Crippen LogP contribution in [0.25, 0.3) is 21.6 Å². The molecule has 1 unspecified atom stereocenters. The van der Waals surface area contributed by atoms with Crippen molar-refractivity contribution in [1.29, 1.82) is 0 Å². The Kier molecular flexibility index (Phi) is 4.67. The number of H-pyrrole nitrogens is 1. The molecule has 2 fully saturated rings. The highest BCUT2D eigenvalue weighted by molar-refractivity contribution is 7.92. The van der Waals surface area contributed by atoms with Crippen molar-refractivity contribution in [3.8, 4) is 11.4 Å². The van der Waals surface area contributed by atoms with Gasteiger partial charge >= 0.3 is 0 Å². The fraction of sp³-hybridized carbons (Fsp3) is 0.500. The minimum absolute atomic E-state index is 0.154. The van der Waals surface area contributed by atoms with E-state index in [9.17, 15) is 8.42 Å². The highest BCUT2D eigenvalue weighted by atomic mass is 32.2. The van der Waals surface area contributed by atoms with Crippen LogP contribution in [0.3, 0.4) is 0 Å². The summed E-state index contributed by atoms with van der Waals surface area (Å²) < 4.78 is 38.2. The quantitative estimate of drug-likeness (QED) is 0.674. The fourth-order valence-electron chi connectivity index (χ4n) is 3.92. The summed E-state index contributed by atoms with van der Waals surface area (Å²) in [5, 5.41) is 6.97. The molecule has 5 rings (SSSR count). The Balaban J connectivity index is 1.72. The standard InChI is InChI=1S/C18H22N6O3S2/c1-12-11-27-8-7-23(12)15-10-14(24-6-2-3-9-29(24,25)26)18-17(20-15)16(22-28-18)13-4-5-19-21-13/h4-5,10,12H,2-3,6-9,11H2,1H3,(H,19,21). The van der Waals surface area contributed by atoms with Gasteiger partial charge in [0.05, 0.1) is 41.1 Å². The fourth-order valence-corrected chi connectivity index (χ4v) is 6.47. The van der Waals surface area contributed by atoms with Gasteiger partial charge in [0.1, 0.15) is 17.0 Å². The molecule has 0 radical (unpaired) electrons. The predicted octanol–water partition coefficient (Wildman–Crippen LogP) is 2.24. The first-order chi connectivity index (χ1) is 14.0. The van der Waals surface area contributed by atoms with Gasteiger partial charge in [-0.05, 0) is 37.4 Å². The molecule has 1 N–H and O–H groups in total. The number of fused-ring (bicyclic) bond motifs is 1. The van der Waals surface area contributed by atoms with Crippen LogP contribution in [0.5, 0.6) is 0 Å². The number of sulfonamides is 1. The molecule has 3 aromatic heterocycles. The van der Waals surface area contributed by atoms with Crippen molar-refractivity contribution < 1.29 is 13.2 Å². The molecule has 0 aromatic carbocycles. The van der Waals surface area contributed by atoms with Crippen molar-refractivity contribution in [2.24, 2.45) is 0 Å². The van der Waals surface area contributed by atoms with E-state index in [-0.39, 0.29) is 11.8 Å². The van der Waals surface area contributed by atoms with Crippen molar-refractivity contribution in [2.75, 3.05) is 41.3 Å². The number of nitrogens with zero attached hydrogens (tertiary/aromatic N) is 5. The zero-order chi connectivity index (χ0) is 20.0. The number of aromatic nitrogens is 4. The Hall–Kier alpha value is -2.24. The minimum Gasteiger partial charge on any atom is -0.377 e. The van der Waals surface area contributed by atoms with Gasteiger partial charge in [0.15, 0.2) is 0 Å². The third-order valence-electron chi connectivity index (χ3n) is 5.43. The molecule has 29 heavy (non-hydrogen) atoms. The molecule has 0 amide bonds. The van der Waals surface area contributed by atoms with Gasteiger partial charge in [0.2, 0.25) is 10.0 Å². The van der Waals surface area contributed by atoms with E-state index in [4.69, 9.17) is 9.72 Å². The molecule has 3 aromatic rings. The molecule has 5 heterocycles. The number of hydrogen-bond donors (Lipinski definition) is 1. The number of hydrogen-bond acceptors (Lipinski definition) is 8. The first kappa shape index (κ1) is 18.8. The van der Waals surface area contributed by atoms with Crippen molar-refractivity contribution in [3.63, 3.8) is 0 Å². The molecule has 2 saturated heterocycles. The lowest BCUT2D eigenvalue weighted by Gasteiger charge is -2.35. The van der Waals surface area contributed by atoms with Crippen LogP contribution in [0.15, 0.2) is 18.3 Å². The van der Waals surface area contributed by atoms with Gasteiger partial charge in [-0.1, -0.05) is 0 Å². The maximum atomic E-state index is 12.9. The molecule has 11 heteroatoms. The number of aromatic amines is 1. The second-order valence-electron chi connectivity index (χ2n) is 7.39. The van der Waals surface area contributed by atoms with Crippen molar-refractivity contribution >= 4 is 43.3 Å². The molecule has 2 aliphatic rings. The topological polar surface area (TPSA) is 104 Å². The Morgan fingerprint density at radius 3 is 2.97 bits per heavy atom. The highest BCUT2D eigenvalue weighted by Crippen LogP contribution is 2.40.